The number of hydrogen-bond donors (Lipinski definition) is 1. The molecule has 2 heterocycles. The minimum Gasteiger partial charge on any atom is -0.341 e. The number of halogens is 2. The maximum Gasteiger partial charge on any atom is 0.317 e. The van der Waals surface area contributed by atoms with E-state index in [1.54, 1.807) is 4.90 Å². The Kier molecular flexibility index (Phi) is 9.15. The number of hydrogen-bond acceptors (Lipinski definition) is 3. The van der Waals surface area contributed by atoms with Crippen LogP contribution in [0.4, 0.5) is 4.79 Å². The van der Waals surface area contributed by atoms with Gasteiger partial charge in [0.05, 0.1) is 10.0 Å². The number of amides is 3. The Balaban J connectivity index is 1.38. The first-order valence-corrected chi connectivity index (χ1v) is 13.6. The zero-order chi connectivity index (χ0) is 25.7. The first kappa shape index (κ1) is 26.8. The van der Waals surface area contributed by atoms with Gasteiger partial charge in [-0.05, 0) is 69.0 Å². The standard InChI is InChI=1S/C28H36Cl2N4O2/c1-20-4-6-21(7-5-20)27(35)32(2)19-23(22-8-9-25(29)26(30)18-22)10-15-33-16-11-24(12-17-33)34-14-3-13-31-28(34)36/h4-9,18,23-24H,3,10-17,19H2,1-2H3,(H,31,36)/t23-/m1/s1. The third-order valence-electron chi connectivity index (χ3n) is 7.46. The van der Waals surface area contributed by atoms with Crippen molar-refractivity contribution in [2.24, 2.45) is 0 Å². The van der Waals surface area contributed by atoms with Gasteiger partial charge in [0.15, 0.2) is 0 Å². The molecule has 2 aromatic rings. The molecule has 2 aromatic carbocycles. The Labute approximate surface area is 224 Å². The second-order valence-electron chi connectivity index (χ2n) is 10.1. The van der Waals surface area contributed by atoms with E-state index in [0.717, 1.165) is 69.5 Å². The van der Waals surface area contributed by atoms with E-state index in [0.29, 0.717) is 28.2 Å². The van der Waals surface area contributed by atoms with Crippen LogP contribution in [-0.4, -0.2) is 79.0 Å². The summed E-state index contributed by atoms with van der Waals surface area (Å²) in [4.78, 5) is 31.6. The fourth-order valence-electron chi connectivity index (χ4n) is 5.25. The van der Waals surface area contributed by atoms with Gasteiger partial charge >= 0.3 is 6.03 Å². The lowest BCUT2D eigenvalue weighted by Gasteiger charge is -2.40. The molecule has 2 aliphatic rings. The van der Waals surface area contributed by atoms with Crippen molar-refractivity contribution in [3.8, 4) is 0 Å². The molecule has 0 spiro atoms. The molecule has 0 saturated carbocycles. The summed E-state index contributed by atoms with van der Waals surface area (Å²) in [6, 6.07) is 13.9. The van der Waals surface area contributed by atoms with Crippen LogP contribution in [0, 0.1) is 6.92 Å². The molecule has 0 bridgehead atoms. The number of rotatable bonds is 8. The van der Waals surface area contributed by atoms with E-state index in [1.165, 1.54) is 0 Å². The zero-order valence-electron chi connectivity index (χ0n) is 21.2. The molecule has 0 unspecified atom stereocenters. The van der Waals surface area contributed by atoms with Crippen molar-refractivity contribution in [2.45, 2.75) is 44.6 Å². The first-order valence-electron chi connectivity index (χ1n) is 12.9. The summed E-state index contributed by atoms with van der Waals surface area (Å²) in [6.07, 6.45) is 3.91. The van der Waals surface area contributed by atoms with Gasteiger partial charge in [-0.2, -0.15) is 0 Å². The number of likely N-dealkylation sites (tertiary alicyclic amines) is 1. The lowest BCUT2D eigenvalue weighted by molar-refractivity contribution is 0.0778. The van der Waals surface area contributed by atoms with Crippen molar-refractivity contribution in [1.82, 2.24) is 20.0 Å². The Hall–Kier alpha value is -2.28. The van der Waals surface area contributed by atoms with Gasteiger partial charge in [-0.3, -0.25) is 4.79 Å². The largest absolute Gasteiger partial charge is 0.341 e. The van der Waals surface area contributed by atoms with Gasteiger partial charge in [0, 0.05) is 57.3 Å². The summed E-state index contributed by atoms with van der Waals surface area (Å²) < 4.78 is 0. The van der Waals surface area contributed by atoms with Crippen LogP contribution in [-0.2, 0) is 0 Å². The van der Waals surface area contributed by atoms with E-state index in [-0.39, 0.29) is 17.9 Å². The number of benzene rings is 2. The van der Waals surface area contributed by atoms with Gasteiger partial charge in [-0.25, -0.2) is 4.79 Å². The first-order chi connectivity index (χ1) is 17.3. The van der Waals surface area contributed by atoms with E-state index in [9.17, 15) is 9.59 Å². The number of piperidine rings is 1. The summed E-state index contributed by atoms with van der Waals surface area (Å²) in [6.45, 7) is 7.12. The van der Waals surface area contributed by atoms with Crippen molar-refractivity contribution in [3.05, 3.63) is 69.2 Å². The number of carbonyl (C=O) groups is 2. The lowest BCUT2D eigenvalue weighted by Crippen LogP contribution is -2.54. The Morgan fingerprint density at radius 3 is 2.47 bits per heavy atom. The summed E-state index contributed by atoms with van der Waals surface area (Å²) in [5.41, 5.74) is 2.92. The predicted octanol–water partition coefficient (Wildman–Crippen LogP) is 5.43. The predicted molar refractivity (Wildman–Crippen MR) is 146 cm³/mol. The minimum absolute atomic E-state index is 0.0145. The molecule has 2 fully saturated rings. The van der Waals surface area contributed by atoms with Gasteiger partial charge in [-0.15, -0.1) is 0 Å². The molecule has 0 radical (unpaired) electrons. The Bertz CT molecular complexity index is 1050. The maximum absolute atomic E-state index is 13.1. The molecule has 194 valence electrons. The fourth-order valence-corrected chi connectivity index (χ4v) is 5.56. The summed E-state index contributed by atoms with van der Waals surface area (Å²) in [7, 11) is 1.86. The highest BCUT2D eigenvalue weighted by molar-refractivity contribution is 6.42. The van der Waals surface area contributed by atoms with Crippen molar-refractivity contribution in [3.63, 3.8) is 0 Å². The van der Waals surface area contributed by atoms with E-state index in [2.05, 4.69) is 10.2 Å². The van der Waals surface area contributed by atoms with Crippen LogP contribution in [0.5, 0.6) is 0 Å². The van der Waals surface area contributed by atoms with Crippen LogP contribution in [0.2, 0.25) is 10.0 Å². The average Bonchev–Trinajstić information content (AvgIpc) is 2.89. The van der Waals surface area contributed by atoms with Crippen LogP contribution in [0.15, 0.2) is 42.5 Å². The molecular formula is C28H36Cl2N4O2. The number of nitrogens with one attached hydrogen (secondary N) is 1. The molecule has 3 amide bonds. The molecule has 1 N–H and O–H groups in total. The Morgan fingerprint density at radius 1 is 1.08 bits per heavy atom. The molecule has 8 heteroatoms. The van der Waals surface area contributed by atoms with Crippen LogP contribution >= 0.6 is 23.2 Å². The van der Waals surface area contributed by atoms with Crippen molar-refractivity contribution in [1.29, 1.82) is 0 Å². The van der Waals surface area contributed by atoms with Crippen LogP contribution < -0.4 is 5.32 Å². The number of urea groups is 1. The third-order valence-corrected chi connectivity index (χ3v) is 8.20. The van der Waals surface area contributed by atoms with Crippen molar-refractivity contribution < 1.29 is 9.59 Å². The summed E-state index contributed by atoms with van der Waals surface area (Å²) in [5, 5.41) is 4.04. The van der Waals surface area contributed by atoms with E-state index >= 15 is 0 Å². The maximum atomic E-state index is 13.1. The van der Waals surface area contributed by atoms with Gasteiger partial charge in [-0.1, -0.05) is 47.0 Å². The molecular weight excluding hydrogens is 495 g/mol. The van der Waals surface area contributed by atoms with E-state index in [1.807, 2.05) is 61.3 Å². The van der Waals surface area contributed by atoms with E-state index in [4.69, 9.17) is 23.2 Å². The highest BCUT2D eigenvalue weighted by Crippen LogP contribution is 2.30. The molecule has 0 aliphatic carbocycles. The van der Waals surface area contributed by atoms with Gasteiger partial charge in [0.25, 0.3) is 5.91 Å². The Morgan fingerprint density at radius 2 is 1.81 bits per heavy atom. The number of aryl methyl sites for hydroxylation is 1. The second-order valence-corrected chi connectivity index (χ2v) is 10.9. The van der Waals surface area contributed by atoms with Gasteiger partial charge in [0.1, 0.15) is 0 Å². The summed E-state index contributed by atoms with van der Waals surface area (Å²) in [5.74, 6) is 0.144. The minimum atomic E-state index is 0.0145. The molecule has 2 aliphatic heterocycles. The molecule has 4 rings (SSSR count). The van der Waals surface area contributed by atoms with Gasteiger partial charge in [0.2, 0.25) is 0 Å². The van der Waals surface area contributed by atoms with Crippen LogP contribution in [0.25, 0.3) is 0 Å². The van der Waals surface area contributed by atoms with Crippen LogP contribution in [0.1, 0.15) is 53.1 Å². The second kappa shape index (κ2) is 12.3. The fraction of sp³-hybridized carbons (Fsp3) is 0.500. The third kappa shape index (κ3) is 6.72. The number of likely N-dealkylation sites (N-methyl/N-ethyl adjacent to an activating group) is 1. The summed E-state index contributed by atoms with van der Waals surface area (Å²) >= 11 is 12.5. The highest BCUT2D eigenvalue weighted by atomic mass is 35.5. The average molecular weight is 532 g/mol. The normalized spacial score (nSPS) is 18.1. The monoisotopic (exact) mass is 530 g/mol. The lowest BCUT2D eigenvalue weighted by atomic mass is 9.93. The number of carbonyl (C=O) groups excluding carboxylic acids is 2. The smallest absolute Gasteiger partial charge is 0.317 e. The highest BCUT2D eigenvalue weighted by Gasteiger charge is 2.30. The molecule has 6 nitrogen and oxygen atoms in total. The van der Waals surface area contributed by atoms with E-state index < -0.39 is 0 Å². The number of nitrogens with zero attached hydrogens (tertiary/aromatic N) is 3. The quantitative estimate of drug-likeness (QED) is 0.495. The molecule has 1 atom stereocenters. The molecule has 2 saturated heterocycles. The zero-order valence-corrected chi connectivity index (χ0v) is 22.7. The van der Waals surface area contributed by atoms with Crippen LogP contribution in [0.3, 0.4) is 0 Å². The SMILES string of the molecule is Cc1ccc(C(=O)N(C)C[C@@H](CCN2CCC(N3CCCNC3=O)CC2)c2ccc(Cl)c(Cl)c2)cc1. The van der Waals surface area contributed by atoms with Crippen molar-refractivity contribution in [2.75, 3.05) is 46.3 Å². The topological polar surface area (TPSA) is 55.9 Å². The van der Waals surface area contributed by atoms with Crippen molar-refractivity contribution >= 4 is 35.1 Å². The van der Waals surface area contributed by atoms with Gasteiger partial charge < -0.3 is 20.0 Å². The molecule has 36 heavy (non-hydrogen) atoms. The molecule has 0 aromatic heterocycles.